The van der Waals surface area contributed by atoms with E-state index in [9.17, 15) is 4.79 Å². The summed E-state index contributed by atoms with van der Waals surface area (Å²) >= 11 is 0. The quantitative estimate of drug-likeness (QED) is 0.547. The first-order chi connectivity index (χ1) is 12.6. The smallest absolute Gasteiger partial charge is 0.178 e. The van der Waals surface area contributed by atoms with Crippen molar-refractivity contribution in [3.05, 3.63) is 66.3 Å². The van der Waals surface area contributed by atoms with Crippen molar-refractivity contribution in [2.75, 3.05) is 0 Å². The molecular weight excluding hydrogens is 332 g/mol. The lowest BCUT2D eigenvalue weighted by atomic mass is 9.83. The molecular formula is C24H36N2O. The molecule has 0 saturated carbocycles. The Morgan fingerprint density at radius 2 is 1.70 bits per heavy atom. The van der Waals surface area contributed by atoms with Gasteiger partial charge in [-0.3, -0.25) is 4.79 Å². The molecule has 0 spiro atoms. The zero-order valence-corrected chi connectivity index (χ0v) is 18.3. The minimum Gasteiger partial charge on any atom is -0.293 e. The first-order valence-corrected chi connectivity index (χ1v) is 9.66. The Labute approximate surface area is 166 Å². The van der Waals surface area contributed by atoms with Gasteiger partial charge >= 0.3 is 0 Å². The normalized spacial score (nSPS) is 10.3. The van der Waals surface area contributed by atoms with Crippen molar-refractivity contribution in [2.45, 2.75) is 67.7 Å². The van der Waals surface area contributed by atoms with Crippen LogP contribution in [0.4, 0.5) is 0 Å². The van der Waals surface area contributed by atoms with Crippen molar-refractivity contribution < 1.29 is 4.79 Å². The second-order valence-electron chi connectivity index (χ2n) is 7.73. The van der Waals surface area contributed by atoms with Gasteiger partial charge in [-0.25, -0.2) is 9.97 Å². The van der Waals surface area contributed by atoms with Crippen LogP contribution in [0.5, 0.6) is 0 Å². The van der Waals surface area contributed by atoms with Crippen molar-refractivity contribution in [3.63, 3.8) is 0 Å². The van der Waals surface area contributed by atoms with Gasteiger partial charge in [0.1, 0.15) is 12.0 Å². The number of aromatic nitrogens is 2. The highest BCUT2D eigenvalue weighted by Crippen LogP contribution is 2.32. The van der Waals surface area contributed by atoms with E-state index in [0.717, 1.165) is 6.42 Å². The molecule has 3 nitrogen and oxygen atoms in total. The number of Topliss-reactive ketones (excluding diaryl/α,β-unsaturated/α-hetero) is 1. The highest BCUT2D eigenvalue weighted by Gasteiger charge is 2.15. The summed E-state index contributed by atoms with van der Waals surface area (Å²) < 4.78 is 0. The minimum absolute atomic E-state index is 0.0302. The van der Waals surface area contributed by atoms with Gasteiger partial charge in [-0.2, -0.15) is 0 Å². The molecule has 0 unspecified atom stereocenters. The van der Waals surface area contributed by atoms with Gasteiger partial charge in [-0.15, -0.1) is 0 Å². The average molecular weight is 369 g/mol. The number of hydrogen-bond acceptors (Lipinski definition) is 3. The Hall–Kier alpha value is -2.29. The van der Waals surface area contributed by atoms with E-state index >= 15 is 0 Å². The Bertz CT molecular complexity index is 698. The van der Waals surface area contributed by atoms with E-state index in [-0.39, 0.29) is 5.78 Å². The van der Waals surface area contributed by atoms with Crippen molar-refractivity contribution >= 4 is 11.4 Å². The molecule has 0 aliphatic rings. The van der Waals surface area contributed by atoms with Crippen LogP contribution in [0.25, 0.3) is 5.57 Å². The monoisotopic (exact) mass is 368 g/mol. The summed E-state index contributed by atoms with van der Waals surface area (Å²) in [7, 11) is 0. The Morgan fingerprint density at radius 3 is 2.11 bits per heavy atom. The molecule has 0 bridgehead atoms. The van der Waals surface area contributed by atoms with Gasteiger partial charge in [0.15, 0.2) is 5.78 Å². The number of hydrogen-bond donors (Lipinski definition) is 0. The first-order valence-electron chi connectivity index (χ1n) is 9.66. The van der Waals surface area contributed by atoms with Gasteiger partial charge in [-0.05, 0) is 40.5 Å². The SMILES string of the molecule is C=C(CC(C)(C)C)c1ccccc1C(C)C.CC.CC(=O)c1ccncn1. The molecule has 0 radical (unpaired) electrons. The van der Waals surface area contributed by atoms with Gasteiger partial charge in [0.2, 0.25) is 0 Å². The number of nitrogens with zero attached hydrogens (tertiary/aromatic N) is 2. The van der Waals surface area contributed by atoms with Gasteiger partial charge in [0.05, 0.1) is 0 Å². The van der Waals surface area contributed by atoms with Gasteiger partial charge in [-0.1, -0.05) is 79.3 Å². The summed E-state index contributed by atoms with van der Waals surface area (Å²) in [6, 6.07) is 10.2. The third-order valence-electron chi connectivity index (χ3n) is 3.65. The van der Waals surface area contributed by atoms with E-state index in [2.05, 4.69) is 75.4 Å². The van der Waals surface area contributed by atoms with Crippen molar-refractivity contribution in [1.29, 1.82) is 0 Å². The molecule has 0 fully saturated rings. The van der Waals surface area contributed by atoms with E-state index in [0.29, 0.717) is 17.0 Å². The summed E-state index contributed by atoms with van der Waals surface area (Å²) in [5.41, 5.74) is 4.78. The molecule has 2 rings (SSSR count). The zero-order chi connectivity index (χ0) is 21.0. The predicted molar refractivity (Wildman–Crippen MR) is 117 cm³/mol. The van der Waals surface area contributed by atoms with Crippen LogP contribution in [0.15, 0.2) is 49.4 Å². The third kappa shape index (κ3) is 9.83. The lowest BCUT2D eigenvalue weighted by Gasteiger charge is -2.22. The maximum Gasteiger partial charge on any atom is 0.178 e. The molecule has 148 valence electrons. The van der Waals surface area contributed by atoms with Crippen LogP contribution in [0.1, 0.15) is 89.3 Å². The molecule has 27 heavy (non-hydrogen) atoms. The standard InChI is InChI=1S/C16H24.C6H6N2O.C2H6/c1-12(2)14-9-7-8-10-15(14)13(3)11-16(4,5)6;1-5(9)6-2-3-7-4-8-6;1-2/h7-10,12H,3,11H2,1-2,4-6H3;2-4H,1H3;1-2H3. The second kappa shape index (κ2) is 12.2. The van der Waals surface area contributed by atoms with Gasteiger partial charge in [0, 0.05) is 13.1 Å². The number of carbonyl (C=O) groups excluding carboxylic acids is 1. The van der Waals surface area contributed by atoms with Crippen molar-refractivity contribution in [2.24, 2.45) is 5.41 Å². The largest absolute Gasteiger partial charge is 0.293 e. The molecule has 1 aromatic carbocycles. The van der Waals surface area contributed by atoms with Crippen LogP contribution in [-0.4, -0.2) is 15.8 Å². The predicted octanol–water partition coefficient (Wildman–Crippen LogP) is 6.96. The molecule has 0 atom stereocenters. The molecule has 1 heterocycles. The molecule has 0 amide bonds. The number of rotatable bonds is 4. The van der Waals surface area contributed by atoms with Crippen LogP contribution < -0.4 is 0 Å². The summed E-state index contributed by atoms with van der Waals surface area (Å²) in [4.78, 5) is 17.9. The van der Waals surface area contributed by atoms with Crippen LogP contribution in [0.2, 0.25) is 0 Å². The summed E-state index contributed by atoms with van der Waals surface area (Å²) in [5.74, 6) is 0.533. The highest BCUT2D eigenvalue weighted by molar-refractivity contribution is 5.91. The number of ketones is 1. The highest BCUT2D eigenvalue weighted by atomic mass is 16.1. The van der Waals surface area contributed by atoms with Crippen molar-refractivity contribution in [3.8, 4) is 0 Å². The fourth-order valence-corrected chi connectivity index (χ4v) is 2.56. The van der Waals surface area contributed by atoms with E-state index in [1.165, 1.54) is 30.0 Å². The van der Waals surface area contributed by atoms with Gasteiger partial charge < -0.3 is 0 Å². The molecule has 2 aromatic rings. The van der Waals surface area contributed by atoms with Crippen LogP contribution in [0.3, 0.4) is 0 Å². The second-order valence-corrected chi connectivity index (χ2v) is 7.73. The molecule has 1 aromatic heterocycles. The van der Waals surface area contributed by atoms with Crippen molar-refractivity contribution in [1.82, 2.24) is 9.97 Å². The maximum atomic E-state index is 10.6. The first kappa shape index (κ1) is 24.7. The van der Waals surface area contributed by atoms with Crippen LogP contribution in [0, 0.1) is 5.41 Å². The zero-order valence-electron chi connectivity index (χ0n) is 18.3. The van der Waals surface area contributed by atoms with E-state index < -0.39 is 0 Å². The fraction of sp³-hybridized carbons (Fsp3) is 0.458. The van der Waals surface area contributed by atoms with Gasteiger partial charge in [0.25, 0.3) is 0 Å². The molecule has 0 N–H and O–H groups in total. The molecule has 0 saturated heterocycles. The molecule has 3 heteroatoms. The topological polar surface area (TPSA) is 42.9 Å². The fourth-order valence-electron chi connectivity index (χ4n) is 2.56. The molecule has 0 aliphatic heterocycles. The summed E-state index contributed by atoms with van der Waals surface area (Å²) in [5, 5.41) is 0. The third-order valence-corrected chi connectivity index (χ3v) is 3.65. The summed E-state index contributed by atoms with van der Waals surface area (Å²) in [6.45, 7) is 21.0. The number of benzene rings is 1. The van der Waals surface area contributed by atoms with Crippen LogP contribution in [-0.2, 0) is 0 Å². The maximum absolute atomic E-state index is 10.6. The Balaban J connectivity index is 0.000000519. The minimum atomic E-state index is -0.0302. The Morgan fingerprint density at radius 1 is 1.11 bits per heavy atom. The number of allylic oxidation sites excluding steroid dienone is 1. The number of carbonyl (C=O) groups is 1. The molecule has 0 aliphatic carbocycles. The lowest BCUT2D eigenvalue weighted by Crippen LogP contribution is -2.06. The summed E-state index contributed by atoms with van der Waals surface area (Å²) in [6.07, 6.45) is 3.96. The van der Waals surface area contributed by atoms with E-state index in [1.807, 2.05) is 13.8 Å². The van der Waals surface area contributed by atoms with E-state index in [4.69, 9.17) is 0 Å². The average Bonchev–Trinajstić information content (AvgIpc) is 2.63. The van der Waals surface area contributed by atoms with E-state index in [1.54, 1.807) is 12.3 Å². The lowest BCUT2D eigenvalue weighted by molar-refractivity contribution is 0.101. The van der Waals surface area contributed by atoms with Crippen LogP contribution >= 0.6 is 0 Å². The Kier molecular flexibility index (Phi) is 11.1.